The first kappa shape index (κ1) is 16.0. The third-order valence-electron chi connectivity index (χ3n) is 2.12. The van der Waals surface area contributed by atoms with Crippen molar-refractivity contribution in [2.45, 2.75) is 39.8 Å². The summed E-state index contributed by atoms with van der Waals surface area (Å²) in [5.41, 5.74) is 5.45. The second kappa shape index (κ2) is 9.09. The van der Waals surface area contributed by atoms with Gasteiger partial charge in [0.05, 0.1) is 0 Å². The highest BCUT2D eigenvalue weighted by atomic mass is 28.4. The second-order valence-corrected chi connectivity index (χ2v) is 6.14. The highest BCUT2D eigenvalue weighted by molar-refractivity contribution is 6.60. The Balaban J connectivity index is 4.44. The van der Waals surface area contributed by atoms with E-state index in [9.17, 15) is 0 Å². The van der Waals surface area contributed by atoms with Crippen molar-refractivity contribution in [3.8, 4) is 0 Å². The lowest BCUT2D eigenvalue weighted by atomic mass is 10.4. The first-order valence-corrected chi connectivity index (χ1v) is 7.92. The van der Waals surface area contributed by atoms with E-state index >= 15 is 0 Å². The fourth-order valence-corrected chi connectivity index (χ4v) is 4.43. The molecule has 98 valence electrons. The van der Waals surface area contributed by atoms with Gasteiger partial charge in [-0.15, -0.1) is 0 Å². The Kier molecular flexibility index (Phi) is 9.10. The van der Waals surface area contributed by atoms with Gasteiger partial charge in [-0.25, -0.2) is 0 Å². The molecular formula is C10H26N2O3Si. The quantitative estimate of drug-likeness (QED) is 0.446. The van der Waals surface area contributed by atoms with Gasteiger partial charge in [0.15, 0.2) is 0 Å². The van der Waals surface area contributed by atoms with Crippen molar-refractivity contribution in [2.75, 3.05) is 26.5 Å². The zero-order valence-electron chi connectivity index (χ0n) is 10.9. The van der Waals surface area contributed by atoms with Gasteiger partial charge in [-0.05, 0) is 27.7 Å². The van der Waals surface area contributed by atoms with Crippen molar-refractivity contribution in [1.82, 2.24) is 5.32 Å². The van der Waals surface area contributed by atoms with E-state index < -0.39 is 8.80 Å². The molecule has 0 amide bonds. The maximum Gasteiger partial charge on any atom is 0.502 e. The van der Waals surface area contributed by atoms with Crippen LogP contribution in [0.5, 0.6) is 0 Å². The molecule has 0 radical (unpaired) electrons. The third kappa shape index (κ3) is 5.93. The molecular weight excluding hydrogens is 224 g/mol. The van der Waals surface area contributed by atoms with E-state index in [1.807, 2.05) is 20.8 Å². The maximum atomic E-state index is 5.74. The molecule has 0 bridgehead atoms. The topological polar surface area (TPSA) is 65.7 Å². The van der Waals surface area contributed by atoms with Gasteiger partial charge in [0.25, 0.3) is 0 Å². The molecule has 0 aromatic rings. The van der Waals surface area contributed by atoms with Crippen LogP contribution in [0.15, 0.2) is 0 Å². The Bertz CT molecular complexity index is 155. The summed E-state index contributed by atoms with van der Waals surface area (Å²) in [6, 6.07) is 0.987. The molecule has 5 nitrogen and oxygen atoms in total. The second-order valence-electron chi connectivity index (χ2n) is 3.50. The van der Waals surface area contributed by atoms with Crippen LogP contribution >= 0.6 is 0 Å². The lowest BCUT2D eigenvalue weighted by Gasteiger charge is -2.30. The summed E-state index contributed by atoms with van der Waals surface area (Å²) in [4.78, 5) is 0. The summed E-state index contributed by atoms with van der Waals surface area (Å²) in [5.74, 6) is 0. The molecule has 0 aromatic carbocycles. The van der Waals surface area contributed by atoms with Crippen LogP contribution in [0.1, 0.15) is 27.7 Å². The van der Waals surface area contributed by atoms with Crippen LogP contribution in [0.3, 0.4) is 0 Å². The smallest absolute Gasteiger partial charge is 0.374 e. The molecule has 0 fully saturated rings. The summed E-state index contributed by atoms with van der Waals surface area (Å²) in [5, 5.41) is 3.15. The molecule has 0 aliphatic carbocycles. The SMILES string of the molecule is CCO[Si](CC(C)NCN)(OCC)OCC. The van der Waals surface area contributed by atoms with Crippen LogP contribution in [-0.4, -0.2) is 41.3 Å². The van der Waals surface area contributed by atoms with Gasteiger partial charge in [-0.3, -0.25) is 0 Å². The van der Waals surface area contributed by atoms with Gasteiger partial charge in [0, 0.05) is 38.6 Å². The van der Waals surface area contributed by atoms with Crippen molar-refractivity contribution in [3.05, 3.63) is 0 Å². The number of hydrogen-bond acceptors (Lipinski definition) is 5. The van der Waals surface area contributed by atoms with Crippen LogP contribution in [-0.2, 0) is 13.3 Å². The van der Waals surface area contributed by atoms with E-state index in [-0.39, 0.29) is 6.04 Å². The molecule has 16 heavy (non-hydrogen) atoms. The lowest BCUT2D eigenvalue weighted by Crippen LogP contribution is -2.50. The number of nitrogens with one attached hydrogen (secondary N) is 1. The molecule has 0 rings (SSSR count). The first-order valence-electron chi connectivity index (χ1n) is 5.99. The molecule has 1 unspecified atom stereocenters. The van der Waals surface area contributed by atoms with Crippen LogP contribution in [0.2, 0.25) is 6.04 Å². The van der Waals surface area contributed by atoms with E-state index in [4.69, 9.17) is 19.0 Å². The number of nitrogens with two attached hydrogens (primary N) is 1. The van der Waals surface area contributed by atoms with Crippen LogP contribution in [0.25, 0.3) is 0 Å². The molecule has 0 saturated carbocycles. The molecule has 0 saturated heterocycles. The van der Waals surface area contributed by atoms with E-state index in [2.05, 4.69) is 12.2 Å². The highest BCUT2D eigenvalue weighted by Crippen LogP contribution is 2.18. The molecule has 1 atom stereocenters. The van der Waals surface area contributed by atoms with Crippen molar-refractivity contribution < 1.29 is 13.3 Å². The van der Waals surface area contributed by atoms with Crippen LogP contribution in [0, 0.1) is 0 Å². The monoisotopic (exact) mass is 250 g/mol. The largest absolute Gasteiger partial charge is 0.502 e. The standard InChI is InChI=1S/C10H26N2O3Si/c1-5-13-16(14-6-2,15-7-3)8-10(4)12-9-11/h10,12H,5-9,11H2,1-4H3. The van der Waals surface area contributed by atoms with E-state index in [1.165, 1.54) is 0 Å². The van der Waals surface area contributed by atoms with Gasteiger partial charge in [0.2, 0.25) is 0 Å². The molecule has 0 heterocycles. The molecule has 0 aliphatic heterocycles. The molecule has 0 aliphatic rings. The van der Waals surface area contributed by atoms with Gasteiger partial charge < -0.3 is 24.3 Å². The Morgan fingerprint density at radius 1 is 1.06 bits per heavy atom. The van der Waals surface area contributed by atoms with Crippen molar-refractivity contribution >= 4 is 8.80 Å². The Morgan fingerprint density at radius 3 is 1.81 bits per heavy atom. The fraction of sp³-hybridized carbons (Fsp3) is 1.00. The van der Waals surface area contributed by atoms with Gasteiger partial charge in [0.1, 0.15) is 0 Å². The zero-order chi connectivity index (χ0) is 12.4. The van der Waals surface area contributed by atoms with E-state index in [0.717, 1.165) is 6.04 Å². The van der Waals surface area contributed by atoms with E-state index in [1.54, 1.807) is 0 Å². The first-order chi connectivity index (χ1) is 7.64. The van der Waals surface area contributed by atoms with Crippen LogP contribution in [0.4, 0.5) is 0 Å². The molecule has 3 N–H and O–H groups in total. The van der Waals surface area contributed by atoms with Gasteiger partial charge in [-0.1, -0.05) is 0 Å². The van der Waals surface area contributed by atoms with Crippen molar-refractivity contribution in [3.63, 3.8) is 0 Å². The van der Waals surface area contributed by atoms with Gasteiger partial charge >= 0.3 is 8.80 Å². The Labute approximate surface area is 100 Å². The van der Waals surface area contributed by atoms with Gasteiger partial charge in [-0.2, -0.15) is 0 Å². The predicted octanol–water partition coefficient (Wildman–Crippen LogP) is 0.929. The highest BCUT2D eigenvalue weighted by Gasteiger charge is 2.41. The summed E-state index contributed by atoms with van der Waals surface area (Å²) in [6.07, 6.45) is 0. The number of hydrogen-bond donors (Lipinski definition) is 2. The zero-order valence-corrected chi connectivity index (χ0v) is 11.9. The summed E-state index contributed by atoms with van der Waals surface area (Å²) < 4.78 is 17.2. The number of rotatable bonds is 10. The molecule has 0 spiro atoms. The predicted molar refractivity (Wildman–Crippen MR) is 67.1 cm³/mol. The molecule has 6 heteroatoms. The van der Waals surface area contributed by atoms with Crippen LogP contribution < -0.4 is 11.1 Å². The average Bonchev–Trinajstić information content (AvgIpc) is 2.18. The summed E-state index contributed by atoms with van der Waals surface area (Å²) in [7, 11) is -2.51. The summed E-state index contributed by atoms with van der Waals surface area (Å²) in [6.45, 7) is 10.2. The Morgan fingerprint density at radius 2 is 1.50 bits per heavy atom. The average molecular weight is 250 g/mol. The minimum atomic E-state index is -2.51. The maximum absolute atomic E-state index is 5.74. The van der Waals surface area contributed by atoms with E-state index in [0.29, 0.717) is 26.5 Å². The third-order valence-corrected chi connectivity index (χ3v) is 5.41. The van der Waals surface area contributed by atoms with Crippen molar-refractivity contribution in [2.24, 2.45) is 5.73 Å². The summed E-state index contributed by atoms with van der Waals surface area (Å²) >= 11 is 0. The van der Waals surface area contributed by atoms with Crippen molar-refractivity contribution in [1.29, 1.82) is 0 Å². The molecule has 0 aromatic heterocycles. The minimum absolute atomic E-state index is 0.237. The normalized spacial score (nSPS) is 14.1. The lowest BCUT2D eigenvalue weighted by molar-refractivity contribution is 0.0691. The Hall–Kier alpha value is 0.0169. The fourth-order valence-electron chi connectivity index (χ4n) is 1.61. The minimum Gasteiger partial charge on any atom is -0.374 e.